The van der Waals surface area contributed by atoms with Crippen LogP contribution in [0, 0.1) is 11.2 Å². The first-order chi connectivity index (χ1) is 17.9. The molecule has 8 heteroatoms. The molecule has 0 N–H and O–H groups in total. The van der Waals surface area contributed by atoms with Crippen molar-refractivity contribution in [2.45, 2.75) is 63.7 Å². The third kappa shape index (κ3) is 5.30. The lowest BCUT2D eigenvalue weighted by atomic mass is 9.77. The SMILES string of the molecule is COC(=O)c1ccc(N2CC3(CCN(Cc4cc(OC5CC5)c(F)c(OC5CC5)c4)CC3)CC2=O)cc1. The number of anilines is 1. The van der Waals surface area contributed by atoms with Gasteiger partial charge in [0, 0.05) is 25.2 Å². The topological polar surface area (TPSA) is 68.3 Å². The minimum absolute atomic E-state index is 0.0438. The number of rotatable bonds is 8. The number of hydrogen-bond acceptors (Lipinski definition) is 6. The van der Waals surface area contributed by atoms with Crippen molar-refractivity contribution in [1.82, 2.24) is 4.90 Å². The lowest BCUT2D eigenvalue weighted by Crippen LogP contribution is -2.41. The standard InChI is InChI=1S/C29H33FN2O5/c1-35-28(34)20-2-4-21(5-3-20)32-18-29(16-26(32)33)10-12-31(13-11-29)17-19-14-24(36-22-6-7-22)27(30)25(15-19)37-23-8-9-23/h2-5,14-15,22-23H,6-13,16-18H2,1H3. The second-order valence-corrected chi connectivity index (χ2v) is 11.0. The highest BCUT2D eigenvalue weighted by Crippen LogP contribution is 2.43. The second kappa shape index (κ2) is 9.63. The van der Waals surface area contributed by atoms with Gasteiger partial charge in [-0.1, -0.05) is 0 Å². The van der Waals surface area contributed by atoms with E-state index in [1.54, 1.807) is 12.1 Å². The molecule has 0 bridgehead atoms. The molecule has 2 aliphatic heterocycles. The summed E-state index contributed by atoms with van der Waals surface area (Å²) < 4.78 is 31.5. The Balaban J connectivity index is 1.10. The summed E-state index contributed by atoms with van der Waals surface area (Å²) in [4.78, 5) is 28.9. The average molecular weight is 509 g/mol. The quantitative estimate of drug-likeness (QED) is 0.481. The van der Waals surface area contributed by atoms with E-state index in [4.69, 9.17) is 14.2 Å². The van der Waals surface area contributed by atoms with E-state index in [-0.39, 0.29) is 35.3 Å². The number of amides is 1. The molecule has 37 heavy (non-hydrogen) atoms. The van der Waals surface area contributed by atoms with Crippen LogP contribution < -0.4 is 14.4 Å². The van der Waals surface area contributed by atoms with Crippen LogP contribution >= 0.6 is 0 Å². The number of hydrogen-bond donors (Lipinski definition) is 0. The fraction of sp³-hybridized carbons (Fsp3) is 0.517. The highest BCUT2D eigenvalue weighted by Gasteiger charge is 2.45. The summed E-state index contributed by atoms with van der Waals surface area (Å²) in [6, 6.07) is 10.7. The molecule has 6 rings (SSSR count). The third-order valence-corrected chi connectivity index (χ3v) is 7.95. The number of methoxy groups -OCH3 is 1. The van der Waals surface area contributed by atoms with Gasteiger partial charge in [0.05, 0.1) is 24.9 Å². The highest BCUT2D eigenvalue weighted by molar-refractivity contribution is 5.97. The Morgan fingerprint density at radius 2 is 1.59 bits per heavy atom. The first-order valence-corrected chi connectivity index (χ1v) is 13.3. The van der Waals surface area contributed by atoms with Crippen molar-refractivity contribution in [3.05, 3.63) is 53.3 Å². The Kier molecular flexibility index (Phi) is 6.31. The van der Waals surface area contributed by atoms with Crippen LogP contribution in [0.15, 0.2) is 36.4 Å². The van der Waals surface area contributed by atoms with Gasteiger partial charge in [0.2, 0.25) is 11.7 Å². The van der Waals surface area contributed by atoms with E-state index >= 15 is 0 Å². The number of esters is 1. The van der Waals surface area contributed by atoms with Crippen LogP contribution in [0.25, 0.3) is 0 Å². The maximum atomic E-state index is 15.0. The van der Waals surface area contributed by atoms with E-state index in [2.05, 4.69) is 4.90 Å². The van der Waals surface area contributed by atoms with Crippen LogP contribution in [-0.2, 0) is 16.1 Å². The van der Waals surface area contributed by atoms with Crippen LogP contribution in [0.1, 0.15) is 60.9 Å². The largest absolute Gasteiger partial charge is 0.487 e. The summed E-state index contributed by atoms with van der Waals surface area (Å²) in [5.41, 5.74) is 2.24. The van der Waals surface area contributed by atoms with E-state index in [1.807, 2.05) is 29.2 Å². The maximum Gasteiger partial charge on any atom is 0.337 e. The Labute approximate surface area is 216 Å². The summed E-state index contributed by atoms with van der Waals surface area (Å²) in [6.07, 6.45) is 6.52. The number of benzene rings is 2. The maximum absolute atomic E-state index is 15.0. The molecule has 196 valence electrons. The van der Waals surface area contributed by atoms with Gasteiger partial charge in [-0.3, -0.25) is 9.69 Å². The molecule has 0 radical (unpaired) electrons. The Hall–Kier alpha value is -3.13. The number of halogens is 1. The van der Waals surface area contributed by atoms with Crippen molar-refractivity contribution in [2.24, 2.45) is 5.41 Å². The van der Waals surface area contributed by atoms with Gasteiger partial charge in [-0.2, -0.15) is 4.39 Å². The number of carbonyl (C=O) groups excluding carboxylic acids is 2. The summed E-state index contributed by atoms with van der Waals surface area (Å²) in [7, 11) is 1.36. The minimum atomic E-state index is -0.387. The Morgan fingerprint density at radius 1 is 1.00 bits per heavy atom. The van der Waals surface area contributed by atoms with E-state index in [1.165, 1.54) is 7.11 Å². The first kappa shape index (κ1) is 24.2. The van der Waals surface area contributed by atoms with Crippen LogP contribution in [0.4, 0.5) is 10.1 Å². The molecular formula is C29H33FN2O5. The molecule has 4 fully saturated rings. The summed E-state index contributed by atoms with van der Waals surface area (Å²) in [6.45, 7) is 3.13. The molecule has 2 saturated heterocycles. The molecular weight excluding hydrogens is 475 g/mol. The van der Waals surface area contributed by atoms with Gasteiger partial charge in [-0.15, -0.1) is 0 Å². The summed E-state index contributed by atoms with van der Waals surface area (Å²) >= 11 is 0. The molecule has 2 aromatic rings. The molecule has 0 aromatic heterocycles. The van der Waals surface area contributed by atoms with Crippen LogP contribution in [0.5, 0.6) is 11.5 Å². The Bertz CT molecular complexity index is 1150. The monoisotopic (exact) mass is 508 g/mol. The van der Waals surface area contributed by atoms with Crippen LogP contribution in [0.3, 0.4) is 0 Å². The zero-order valence-corrected chi connectivity index (χ0v) is 21.2. The van der Waals surface area contributed by atoms with Gasteiger partial charge in [-0.25, -0.2) is 4.79 Å². The van der Waals surface area contributed by atoms with Crippen molar-refractivity contribution in [1.29, 1.82) is 0 Å². The van der Waals surface area contributed by atoms with Crippen LogP contribution in [-0.4, -0.2) is 55.7 Å². The van der Waals surface area contributed by atoms with Crippen molar-refractivity contribution >= 4 is 17.6 Å². The van der Waals surface area contributed by atoms with Gasteiger partial charge < -0.3 is 19.1 Å². The lowest BCUT2D eigenvalue weighted by molar-refractivity contribution is -0.118. The molecule has 0 atom stereocenters. The number of carbonyl (C=O) groups is 2. The van der Waals surface area contributed by atoms with Gasteiger partial charge in [-0.05, 0) is 99.0 Å². The van der Waals surface area contributed by atoms with E-state index in [0.29, 0.717) is 36.6 Å². The van der Waals surface area contributed by atoms with Gasteiger partial charge in [0.15, 0.2) is 11.5 Å². The number of nitrogens with zero attached hydrogens (tertiary/aromatic N) is 2. The van der Waals surface area contributed by atoms with E-state index in [0.717, 1.165) is 62.9 Å². The molecule has 2 aromatic carbocycles. The van der Waals surface area contributed by atoms with Crippen molar-refractivity contribution in [2.75, 3.05) is 31.6 Å². The summed E-state index contributed by atoms with van der Waals surface area (Å²) in [5, 5.41) is 0. The predicted octanol–water partition coefficient (Wildman–Crippen LogP) is 4.71. The molecule has 2 saturated carbocycles. The number of piperidine rings is 1. The van der Waals surface area contributed by atoms with Gasteiger partial charge in [0.1, 0.15) is 0 Å². The predicted molar refractivity (Wildman–Crippen MR) is 135 cm³/mol. The molecule has 2 aliphatic carbocycles. The van der Waals surface area contributed by atoms with Gasteiger partial charge >= 0.3 is 5.97 Å². The fourth-order valence-electron chi connectivity index (χ4n) is 5.43. The minimum Gasteiger partial charge on any atom is -0.487 e. The van der Waals surface area contributed by atoms with E-state index < -0.39 is 0 Å². The molecule has 7 nitrogen and oxygen atoms in total. The molecule has 2 heterocycles. The van der Waals surface area contributed by atoms with Crippen molar-refractivity contribution in [3.8, 4) is 11.5 Å². The number of ether oxygens (including phenoxy) is 3. The normalized spacial score (nSPS) is 21.4. The highest BCUT2D eigenvalue weighted by atomic mass is 19.1. The van der Waals surface area contributed by atoms with Crippen molar-refractivity contribution in [3.63, 3.8) is 0 Å². The van der Waals surface area contributed by atoms with Gasteiger partial charge in [0.25, 0.3) is 0 Å². The smallest absolute Gasteiger partial charge is 0.337 e. The second-order valence-electron chi connectivity index (χ2n) is 11.0. The van der Waals surface area contributed by atoms with Crippen molar-refractivity contribution < 1.29 is 28.2 Å². The average Bonchev–Trinajstić information content (AvgIpc) is 3.84. The number of likely N-dealkylation sites (tertiary alicyclic amines) is 1. The fourth-order valence-corrected chi connectivity index (χ4v) is 5.43. The molecule has 0 unspecified atom stereocenters. The zero-order chi connectivity index (χ0) is 25.6. The van der Waals surface area contributed by atoms with E-state index in [9.17, 15) is 14.0 Å². The molecule has 1 spiro atoms. The lowest BCUT2D eigenvalue weighted by Gasteiger charge is -2.39. The zero-order valence-electron chi connectivity index (χ0n) is 21.2. The first-order valence-electron chi connectivity index (χ1n) is 13.3. The molecule has 1 amide bonds. The Morgan fingerprint density at radius 3 is 2.14 bits per heavy atom. The molecule has 4 aliphatic rings. The van der Waals surface area contributed by atoms with Crippen LogP contribution in [0.2, 0.25) is 0 Å². The summed E-state index contributed by atoms with van der Waals surface area (Å²) in [5.74, 6) is -0.0358. The third-order valence-electron chi connectivity index (χ3n) is 7.95.